The minimum atomic E-state index is -0.0392. The van der Waals surface area contributed by atoms with Crippen LogP contribution in [0.1, 0.15) is 51.9 Å². The van der Waals surface area contributed by atoms with Gasteiger partial charge in [0, 0.05) is 13.1 Å². The Bertz CT molecular complexity index is 239. The minimum Gasteiger partial charge on any atom is -0.393 e. The molecule has 2 aliphatic rings. The minimum absolute atomic E-state index is 0.0392. The van der Waals surface area contributed by atoms with Gasteiger partial charge in [-0.3, -0.25) is 0 Å². The van der Waals surface area contributed by atoms with Crippen LogP contribution < -0.4 is 5.32 Å². The summed E-state index contributed by atoms with van der Waals surface area (Å²) in [5.74, 6) is 1.87. The highest BCUT2D eigenvalue weighted by atomic mass is 16.3. The van der Waals surface area contributed by atoms with Crippen molar-refractivity contribution in [1.82, 2.24) is 10.2 Å². The zero-order valence-corrected chi connectivity index (χ0v) is 12.6. The molecule has 0 spiro atoms. The highest BCUT2D eigenvalue weighted by Crippen LogP contribution is 2.27. The molecule has 1 aliphatic heterocycles. The molecule has 0 bridgehead atoms. The van der Waals surface area contributed by atoms with Crippen molar-refractivity contribution in [3.8, 4) is 0 Å². The van der Waals surface area contributed by atoms with E-state index in [0.29, 0.717) is 0 Å². The molecule has 3 nitrogen and oxygen atoms in total. The summed E-state index contributed by atoms with van der Waals surface area (Å²) in [5, 5.41) is 13.1. The zero-order valence-electron chi connectivity index (χ0n) is 12.6. The molecular formula is C16H32N2O. The van der Waals surface area contributed by atoms with Gasteiger partial charge in [-0.1, -0.05) is 19.8 Å². The van der Waals surface area contributed by atoms with Gasteiger partial charge in [0.1, 0.15) is 0 Å². The maximum atomic E-state index is 9.46. The molecule has 112 valence electrons. The molecular weight excluding hydrogens is 236 g/mol. The monoisotopic (exact) mass is 268 g/mol. The third-order valence-corrected chi connectivity index (χ3v) is 4.86. The first kappa shape index (κ1) is 15.3. The average Bonchev–Trinajstić information content (AvgIpc) is 2.41. The van der Waals surface area contributed by atoms with E-state index in [4.69, 9.17) is 0 Å². The largest absolute Gasteiger partial charge is 0.393 e. The Hall–Kier alpha value is -0.120. The Morgan fingerprint density at radius 1 is 1.16 bits per heavy atom. The van der Waals surface area contributed by atoms with E-state index in [-0.39, 0.29) is 6.10 Å². The predicted octanol–water partition coefficient (Wildman–Crippen LogP) is 2.25. The first-order valence-corrected chi connectivity index (χ1v) is 8.35. The molecule has 0 radical (unpaired) electrons. The molecule has 2 N–H and O–H groups in total. The number of nitrogens with one attached hydrogen (secondary N) is 1. The number of nitrogens with zero attached hydrogens (tertiary/aromatic N) is 1. The molecule has 2 atom stereocenters. The number of hydrogen-bond acceptors (Lipinski definition) is 3. The third kappa shape index (κ3) is 5.80. The molecule has 2 fully saturated rings. The van der Waals surface area contributed by atoms with Crippen molar-refractivity contribution in [1.29, 1.82) is 0 Å². The summed E-state index contributed by atoms with van der Waals surface area (Å²) in [4.78, 5) is 2.50. The van der Waals surface area contributed by atoms with Gasteiger partial charge in [0.2, 0.25) is 0 Å². The number of aliphatic hydroxyl groups is 1. The van der Waals surface area contributed by atoms with Gasteiger partial charge in [-0.15, -0.1) is 0 Å². The smallest absolute Gasteiger partial charge is 0.0564 e. The van der Waals surface area contributed by atoms with Crippen LogP contribution in [0.25, 0.3) is 0 Å². The molecule has 1 saturated carbocycles. The quantitative estimate of drug-likeness (QED) is 0.725. The van der Waals surface area contributed by atoms with E-state index in [0.717, 1.165) is 44.3 Å². The first-order valence-electron chi connectivity index (χ1n) is 8.35. The van der Waals surface area contributed by atoms with Gasteiger partial charge in [0.05, 0.1) is 6.10 Å². The molecule has 0 aromatic rings. The Labute approximate surface area is 118 Å². The molecule has 0 aromatic carbocycles. The van der Waals surface area contributed by atoms with E-state index in [9.17, 15) is 5.11 Å². The Balaban J connectivity index is 1.46. The standard InChI is InChI=1S/C16H32N2O/c1-14-4-2-5-15(12-14)13-17-8-3-9-18-10-6-16(19)7-11-18/h14-17,19H,2-13H2,1H3. The second-order valence-corrected chi connectivity index (χ2v) is 6.77. The molecule has 0 aromatic heterocycles. The number of aliphatic hydroxyl groups excluding tert-OH is 1. The van der Waals surface area contributed by atoms with E-state index in [2.05, 4.69) is 17.1 Å². The summed E-state index contributed by atoms with van der Waals surface area (Å²) < 4.78 is 0. The van der Waals surface area contributed by atoms with E-state index >= 15 is 0 Å². The van der Waals surface area contributed by atoms with Crippen molar-refractivity contribution in [2.75, 3.05) is 32.7 Å². The van der Waals surface area contributed by atoms with E-state index in [1.807, 2.05) is 0 Å². The predicted molar refractivity (Wildman–Crippen MR) is 80.3 cm³/mol. The molecule has 19 heavy (non-hydrogen) atoms. The molecule has 0 amide bonds. The second kappa shape index (κ2) is 8.23. The highest BCUT2D eigenvalue weighted by molar-refractivity contribution is 4.73. The fraction of sp³-hybridized carbons (Fsp3) is 1.00. The molecule has 3 heteroatoms. The molecule has 1 saturated heterocycles. The van der Waals surface area contributed by atoms with Crippen LogP contribution in [0.5, 0.6) is 0 Å². The lowest BCUT2D eigenvalue weighted by Crippen LogP contribution is -2.37. The molecule has 2 rings (SSSR count). The van der Waals surface area contributed by atoms with Crippen LogP contribution in [0, 0.1) is 11.8 Å². The SMILES string of the molecule is CC1CCCC(CNCCCN2CCC(O)CC2)C1. The van der Waals surface area contributed by atoms with Crippen molar-refractivity contribution in [2.45, 2.75) is 58.0 Å². The maximum Gasteiger partial charge on any atom is 0.0564 e. The van der Waals surface area contributed by atoms with E-state index in [1.165, 1.54) is 45.2 Å². The lowest BCUT2D eigenvalue weighted by molar-refractivity contribution is 0.0820. The van der Waals surface area contributed by atoms with Crippen molar-refractivity contribution in [2.24, 2.45) is 11.8 Å². The van der Waals surface area contributed by atoms with Gasteiger partial charge in [0.15, 0.2) is 0 Å². The van der Waals surface area contributed by atoms with Crippen LogP contribution in [0.2, 0.25) is 0 Å². The second-order valence-electron chi connectivity index (χ2n) is 6.77. The number of rotatable bonds is 6. The van der Waals surface area contributed by atoms with Crippen LogP contribution >= 0.6 is 0 Å². The third-order valence-electron chi connectivity index (χ3n) is 4.86. The summed E-state index contributed by atoms with van der Waals surface area (Å²) in [5.41, 5.74) is 0. The normalized spacial score (nSPS) is 30.6. The van der Waals surface area contributed by atoms with Crippen LogP contribution in [0.4, 0.5) is 0 Å². The Kier molecular flexibility index (Phi) is 6.62. The number of piperidine rings is 1. The van der Waals surface area contributed by atoms with Gasteiger partial charge >= 0.3 is 0 Å². The first-order chi connectivity index (χ1) is 9.24. The van der Waals surface area contributed by atoms with Gasteiger partial charge in [-0.05, 0) is 63.6 Å². The fourth-order valence-electron chi connectivity index (χ4n) is 3.62. The zero-order chi connectivity index (χ0) is 13.5. The van der Waals surface area contributed by atoms with Crippen LogP contribution in [0.3, 0.4) is 0 Å². The van der Waals surface area contributed by atoms with Gasteiger partial charge in [0.25, 0.3) is 0 Å². The summed E-state index contributed by atoms with van der Waals surface area (Å²) in [6, 6.07) is 0. The lowest BCUT2D eigenvalue weighted by atomic mass is 9.82. The van der Waals surface area contributed by atoms with Gasteiger partial charge < -0.3 is 15.3 Å². The van der Waals surface area contributed by atoms with Gasteiger partial charge in [-0.25, -0.2) is 0 Å². The number of hydrogen-bond donors (Lipinski definition) is 2. The molecule has 1 aliphatic carbocycles. The van der Waals surface area contributed by atoms with E-state index in [1.54, 1.807) is 0 Å². The summed E-state index contributed by atoms with van der Waals surface area (Å²) in [6.45, 7) is 8.15. The van der Waals surface area contributed by atoms with E-state index < -0.39 is 0 Å². The maximum absolute atomic E-state index is 9.46. The van der Waals surface area contributed by atoms with Crippen molar-refractivity contribution < 1.29 is 5.11 Å². The fourth-order valence-corrected chi connectivity index (χ4v) is 3.62. The van der Waals surface area contributed by atoms with Crippen LogP contribution in [0.15, 0.2) is 0 Å². The molecule has 1 heterocycles. The van der Waals surface area contributed by atoms with Crippen molar-refractivity contribution in [3.05, 3.63) is 0 Å². The average molecular weight is 268 g/mol. The molecule has 2 unspecified atom stereocenters. The Morgan fingerprint density at radius 2 is 1.95 bits per heavy atom. The Morgan fingerprint density at radius 3 is 2.68 bits per heavy atom. The summed E-state index contributed by atoms with van der Waals surface area (Å²) in [7, 11) is 0. The van der Waals surface area contributed by atoms with Crippen LogP contribution in [-0.4, -0.2) is 48.8 Å². The highest BCUT2D eigenvalue weighted by Gasteiger charge is 2.18. The summed E-state index contributed by atoms with van der Waals surface area (Å²) >= 11 is 0. The van der Waals surface area contributed by atoms with Crippen molar-refractivity contribution in [3.63, 3.8) is 0 Å². The topological polar surface area (TPSA) is 35.5 Å². The number of likely N-dealkylation sites (tertiary alicyclic amines) is 1. The van der Waals surface area contributed by atoms with Crippen molar-refractivity contribution >= 4 is 0 Å². The van der Waals surface area contributed by atoms with Crippen LogP contribution in [-0.2, 0) is 0 Å². The summed E-state index contributed by atoms with van der Waals surface area (Å²) in [6.07, 6.45) is 8.88. The lowest BCUT2D eigenvalue weighted by Gasteiger charge is -2.29. The van der Waals surface area contributed by atoms with Gasteiger partial charge in [-0.2, -0.15) is 0 Å².